The van der Waals surface area contributed by atoms with Crippen LogP contribution < -0.4 is 21.3 Å². The molecule has 0 aliphatic carbocycles. The Kier molecular flexibility index (Phi) is 25.2. The number of nitrogens with zero attached hydrogens (tertiary/aromatic N) is 2. The van der Waals surface area contributed by atoms with E-state index in [4.69, 9.17) is 23.7 Å². The Hall–Kier alpha value is -8.10. The predicted octanol–water partition coefficient (Wildman–Crippen LogP) is 6.15. The maximum atomic E-state index is 12.7. The zero-order valence-electron chi connectivity index (χ0n) is 46.7. The monoisotopic (exact) mass is 1090 g/mol. The van der Waals surface area contributed by atoms with Gasteiger partial charge < -0.3 is 50.1 Å². The number of carbonyl (C=O) groups excluding carboxylic acids is 6. The van der Waals surface area contributed by atoms with Crippen LogP contribution in [-0.2, 0) is 46.4 Å². The van der Waals surface area contributed by atoms with Crippen molar-refractivity contribution in [1.82, 2.24) is 31.1 Å². The number of rotatable bonds is 17. The van der Waals surface area contributed by atoms with Gasteiger partial charge in [-0.25, -0.2) is 14.4 Å². The Labute approximate surface area is 469 Å². The minimum Gasteiger partial charge on any atom is -0.467 e. The van der Waals surface area contributed by atoms with E-state index in [1.165, 1.54) is 18.2 Å². The number of ketones is 1. The summed E-state index contributed by atoms with van der Waals surface area (Å²) in [5.74, 6) is 9.75. The second kappa shape index (κ2) is 32.1. The number of morpholine rings is 2. The number of aliphatic hydroxyl groups excluding tert-OH is 1. The molecular weight excluding hydrogens is 1020 g/mol. The molecule has 80 heavy (non-hydrogen) atoms. The molecule has 2 heterocycles. The van der Waals surface area contributed by atoms with Crippen molar-refractivity contribution < 1.29 is 57.6 Å². The summed E-state index contributed by atoms with van der Waals surface area (Å²) in [4.78, 5) is 78.1. The van der Waals surface area contributed by atoms with Crippen LogP contribution in [0.3, 0.4) is 0 Å². The van der Waals surface area contributed by atoms with E-state index in [0.717, 1.165) is 87.9 Å². The van der Waals surface area contributed by atoms with Gasteiger partial charge in [0, 0.05) is 68.1 Å². The Morgan fingerprint density at radius 3 is 1.31 bits per heavy atom. The summed E-state index contributed by atoms with van der Waals surface area (Å²) in [5.41, 5.74) is 5.36. The van der Waals surface area contributed by atoms with Gasteiger partial charge in [0.2, 0.25) is 0 Å². The lowest BCUT2D eigenvalue weighted by Gasteiger charge is -2.26. The predicted molar refractivity (Wildman–Crippen MR) is 305 cm³/mol. The fraction of sp³-hybridized carbons (Fsp3) is 0.387. The zero-order valence-corrected chi connectivity index (χ0v) is 46.7. The van der Waals surface area contributed by atoms with Crippen LogP contribution in [0.2, 0.25) is 0 Å². The summed E-state index contributed by atoms with van der Waals surface area (Å²) < 4.78 is 25.8. The number of hydrogen-bond acceptors (Lipinski definition) is 14. The topological polar surface area (TPSA) is 223 Å². The third kappa shape index (κ3) is 23.9. The Bertz CT molecular complexity index is 2660. The molecule has 2 aliphatic rings. The smallest absolute Gasteiger partial charge is 0.407 e. The highest BCUT2D eigenvalue weighted by Crippen LogP contribution is 2.14. The van der Waals surface area contributed by atoms with Crippen LogP contribution in [0.4, 0.5) is 9.59 Å². The number of nitrogens with one attached hydrogen (secondary N) is 4. The molecular formula is C62H74N6O12. The van der Waals surface area contributed by atoms with E-state index in [0.29, 0.717) is 11.1 Å². The molecule has 2 saturated heterocycles. The number of esters is 1. The first-order chi connectivity index (χ1) is 38.2. The van der Waals surface area contributed by atoms with Gasteiger partial charge in [-0.3, -0.25) is 24.2 Å². The van der Waals surface area contributed by atoms with Gasteiger partial charge in [-0.15, -0.1) is 0 Å². The number of carbonyl (C=O) groups is 6. The van der Waals surface area contributed by atoms with Crippen molar-refractivity contribution in [3.8, 4) is 23.7 Å². The molecule has 5 N–H and O–H groups in total. The van der Waals surface area contributed by atoms with Crippen LogP contribution in [0.15, 0.2) is 109 Å². The molecule has 2 atom stereocenters. The zero-order chi connectivity index (χ0) is 57.9. The number of Topliss-reactive ketones (excluding diaryl/α,β-unsaturated/α-hetero) is 1. The lowest BCUT2D eigenvalue weighted by atomic mass is 10.1. The SMILES string of the molecule is CC(C)(C)OC(=O)NC[C@H](NC(=O)c1ccc(C#C/C=C/c2ccc(CN3CCOCC3)cc2)cc1)C(=O)CO.COC(=O)[C@H](CNC(=O)OC(C)(C)C)NC(=O)c1ccc(C#C/C=C/c2ccc(CN3CCOCC3)cc2)cc1. The molecule has 4 aromatic rings. The molecule has 0 unspecified atom stereocenters. The van der Waals surface area contributed by atoms with Crippen molar-refractivity contribution in [3.05, 3.63) is 154 Å². The van der Waals surface area contributed by atoms with Crippen molar-refractivity contribution in [2.75, 3.05) is 79.4 Å². The molecule has 0 spiro atoms. The molecule has 2 aliphatic heterocycles. The number of methoxy groups -OCH3 is 1. The third-order valence-corrected chi connectivity index (χ3v) is 11.8. The van der Waals surface area contributed by atoms with Crippen LogP contribution in [0.25, 0.3) is 12.2 Å². The Balaban J connectivity index is 0.000000294. The van der Waals surface area contributed by atoms with Crippen LogP contribution in [0.5, 0.6) is 0 Å². The summed E-state index contributed by atoms with van der Waals surface area (Å²) in [5, 5.41) is 19.3. The van der Waals surface area contributed by atoms with Gasteiger partial charge >= 0.3 is 18.2 Å². The van der Waals surface area contributed by atoms with Crippen molar-refractivity contribution in [2.24, 2.45) is 0 Å². The normalized spacial score (nSPS) is 14.6. The standard InChI is InChI=1S/2C31H37N3O6/c1-31(2,3)40-30(37)32-21-27(29(36)38-4)33-28(35)26-15-13-24(14-16-26)8-6-5-7-23-9-11-25(12-10-23)22-34-17-19-39-20-18-34;1-31(2,3)40-30(38)32-20-27(28(36)22-35)33-29(37)26-14-12-24(13-15-26)7-5-4-6-23-8-10-25(11-9-23)21-34-16-18-39-19-17-34/h5,7,9-16,27H,17-22H2,1-4H3,(H,32,37)(H,33,35);4,6,8-15,27,35H,16-22H2,1-3H3,(H,32,38)(H,33,37)/b7-5+;6-4+/t2*27-/m00/s1. The second-order valence-corrected chi connectivity index (χ2v) is 20.6. The first kappa shape index (κ1) is 62.7. The highest BCUT2D eigenvalue weighted by molar-refractivity contribution is 5.99. The molecule has 0 radical (unpaired) electrons. The summed E-state index contributed by atoms with van der Waals surface area (Å²) in [7, 11) is 1.21. The van der Waals surface area contributed by atoms with Gasteiger partial charge in [-0.05, 0) is 137 Å². The quantitative estimate of drug-likeness (QED) is 0.0455. The van der Waals surface area contributed by atoms with Gasteiger partial charge in [0.1, 0.15) is 29.9 Å². The van der Waals surface area contributed by atoms with Crippen LogP contribution in [0, 0.1) is 23.7 Å². The first-order valence-electron chi connectivity index (χ1n) is 26.4. The van der Waals surface area contributed by atoms with E-state index < -0.39 is 65.6 Å². The van der Waals surface area contributed by atoms with E-state index >= 15 is 0 Å². The van der Waals surface area contributed by atoms with Crippen LogP contribution in [-0.4, -0.2) is 153 Å². The second-order valence-electron chi connectivity index (χ2n) is 20.6. The molecule has 0 saturated carbocycles. The molecule has 4 amide bonds. The van der Waals surface area contributed by atoms with E-state index in [1.54, 1.807) is 102 Å². The van der Waals surface area contributed by atoms with Crippen LogP contribution in [0.1, 0.15) is 95.6 Å². The molecule has 6 rings (SSSR count). The lowest BCUT2D eigenvalue weighted by Crippen LogP contribution is -2.50. The Morgan fingerprint density at radius 1 is 0.575 bits per heavy atom. The van der Waals surface area contributed by atoms with Gasteiger partial charge in [-0.2, -0.15) is 0 Å². The Morgan fingerprint density at radius 2 is 0.950 bits per heavy atom. The maximum Gasteiger partial charge on any atom is 0.407 e. The molecule has 424 valence electrons. The molecule has 4 aromatic carbocycles. The summed E-state index contributed by atoms with van der Waals surface area (Å²) in [6.45, 7) is 18.0. The van der Waals surface area contributed by atoms with Gasteiger partial charge in [0.05, 0.1) is 40.1 Å². The van der Waals surface area contributed by atoms with E-state index in [9.17, 15) is 33.9 Å². The average molecular weight is 1100 g/mol. The average Bonchev–Trinajstić information content (AvgIpc) is 3.45. The largest absolute Gasteiger partial charge is 0.467 e. The molecule has 0 aromatic heterocycles. The van der Waals surface area contributed by atoms with Crippen molar-refractivity contribution in [2.45, 2.75) is 77.9 Å². The van der Waals surface area contributed by atoms with Crippen molar-refractivity contribution in [1.29, 1.82) is 0 Å². The minimum atomic E-state index is -1.11. The van der Waals surface area contributed by atoms with Crippen molar-refractivity contribution in [3.63, 3.8) is 0 Å². The minimum absolute atomic E-state index is 0.181. The number of ether oxygens (including phenoxy) is 5. The highest BCUT2D eigenvalue weighted by Gasteiger charge is 2.26. The maximum absolute atomic E-state index is 12.7. The van der Waals surface area contributed by atoms with Gasteiger partial charge in [-0.1, -0.05) is 72.2 Å². The fourth-order valence-corrected chi connectivity index (χ4v) is 7.61. The van der Waals surface area contributed by atoms with Crippen molar-refractivity contribution >= 4 is 47.9 Å². The molecule has 2 fully saturated rings. The lowest BCUT2D eigenvalue weighted by molar-refractivity contribution is -0.142. The number of benzene rings is 4. The van der Waals surface area contributed by atoms with Gasteiger partial charge in [0.15, 0.2) is 5.78 Å². The number of hydrogen-bond donors (Lipinski definition) is 5. The molecule has 18 heteroatoms. The number of alkyl carbamates (subject to hydrolysis) is 2. The number of aliphatic hydroxyl groups is 1. The van der Waals surface area contributed by atoms with E-state index in [1.807, 2.05) is 12.2 Å². The van der Waals surface area contributed by atoms with Gasteiger partial charge in [0.25, 0.3) is 11.8 Å². The van der Waals surface area contributed by atoms with E-state index in [-0.39, 0.29) is 13.1 Å². The molecule has 18 nitrogen and oxygen atoms in total. The molecule has 0 bridgehead atoms. The first-order valence-corrected chi connectivity index (χ1v) is 26.4. The fourth-order valence-electron chi connectivity index (χ4n) is 7.61. The third-order valence-electron chi connectivity index (χ3n) is 11.8. The summed E-state index contributed by atoms with van der Waals surface area (Å²) in [6, 6.07) is 27.9. The summed E-state index contributed by atoms with van der Waals surface area (Å²) in [6.07, 6.45) is 6.03. The highest BCUT2D eigenvalue weighted by atomic mass is 16.6. The summed E-state index contributed by atoms with van der Waals surface area (Å²) >= 11 is 0. The van der Waals surface area contributed by atoms with E-state index in [2.05, 4.69) is 103 Å². The number of amides is 4. The number of allylic oxidation sites excluding steroid dienone is 2. The van der Waals surface area contributed by atoms with Crippen LogP contribution >= 0.6 is 0 Å².